The maximum Gasteiger partial charge on any atom is 0.229 e. The summed E-state index contributed by atoms with van der Waals surface area (Å²) in [7, 11) is 1.41. The van der Waals surface area contributed by atoms with E-state index in [1.54, 1.807) is 26.6 Å². The second kappa shape index (κ2) is 13.8. The van der Waals surface area contributed by atoms with Crippen LogP contribution in [0.4, 0.5) is 28.8 Å². The van der Waals surface area contributed by atoms with Crippen LogP contribution in [0.5, 0.6) is 5.75 Å². The van der Waals surface area contributed by atoms with Crippen LogP contribution in [0.25, 0.3) is 0 Å². The van der Waals surface area contributed by atoms with Crippen LogP contribution in [0.2, 0.25) is 0 Å². The highest BCUT2D eigenvalue weighted by atomic mass is 79.9. The molecule has 11 heteroatoms. The lowest BCUT2D eigenvalue weighted by atomic mass is 9.96. The number of nitrogens with one attached hydrogen (secondary N) is 2. The van der Waals surface area contributed by atoms with Crippen LogP contribution in [0.1, 0.15) is 43.7 Å². The highest BCUT2D eigenvalue weighted by molar-refractivity contribution is 9.10. The van der Waals surface area contributed by atoms with Crippen molar-refractivity contribution in [1.82, 2.24) is 19.8 Å². The third-order valence-corrected chi connectivity index (χ3v) is 10.9. The second-order valence-corrected chi connectivity index (χ2v) is 16.9. The van der Waals surface area contributed by atoms with Gasteiger partial charge < -0.3 is 29.7 Å². The zero-order valence-corrected chi connectivity index (χ0v) is 29.6. The lowest BCUT2D eigenvalue weighted by Gasteiger charge is -2.43. The molecule has 2 aliphatic heterocycles. The predicted octanol–water partition coefficient (Wildman–Crippen LogP) is 6.63. The van der Waals surface area contributed by atoms with E-state index in [0.29, 0.717) is 28.2 Å². The molecule has 238 valence electrons. The Balaban J connectivity index is 1.37. The summed E-state index contributed by atoms with van der Waals surface area (Å²) in [6, 6.07) is 11.0. The third-order valence-electron chi connectivity index (χ3n) is 8.81. The van der Waals surface area contributed by atoms with Gasteiger partial charge in [-0.15, -0.1) is 0 Å². The molecular formula is C33H47BrN7O2P. The Morgan fingerprint density at radius 2 is 1.70 bits per heavy atom. The number of rotatable bonds is 9. The number of likely N-dealkylation sites (N-methyl/N-ethyl adjacent to an activating group) is 1. The zero-order valence-electron chi connectivity index (χ0n) is 27.2. The maximum atomic E-state index is 13.1. The smallest absolute Gasteiger partial charge is 0.229 e. The van der Waals surface area contributed by atoms with Gasteiger partial charge in [0, 0.05) is 68.6 Å². The van der Waals surface area contributed by atoms with Crippen molar-refractivity contribution in [2.24, 2.45) is 0 Å². The van der Waals surface area contributed by atoms with Crippen molar-refractivity contribution in [3.05, 3.63) is 52.1 Å². The van der Waals surface area contributed by atoms with E-state index < -0.39 is 7.14 Å². The normalized spacial score (nSPS) is 17.2. The first kappa shape index (κ1) is 32.7. The van der Waals surface area contributed by atoms with Gasteiger partial charge in [-0.3, -0.25) is 4.90 Å². The summed E-state index contributed by atoms with van der Waals surface area (Å²) >= 11 is 3.59. The topological polar surface area (TPSA) is 85.9 Å². The fourth-order valence-corrected chi connectivity index (χ4v) is 7.72. The van der Waals surface area contributed by atoms with Gasteiger partial charge in [0.05, 0.1) is 23.0 Å². The summed E-state index contributed by atoms with van der Waals surface area (Å²) in [5.74, 6) is 2.11. The number of methoxy groups -OCH3 is 1. The van der Waals surface area contributed by atoms with Gasteiger partial charge in [-0.25, -0.2) is 4.98 Å². The fraction of sp³-hybridized carbons (Fsp3) is 0.515. The van der Waals surface area contributed by atoms with E-state index in [-0.39, 0.29) is 0 Å². The van der Waals surface area contributed by atoms with Crippen molar-refractivity contribution in [3.63, 3.8) is 0 Å². The average molecular weight is 685 g/mol. The number of aromatic nitrogens is 2. The predicted molar refractivity (Wildman–Crippen MR) is 188 cm³/mol. The molecule has 2 N–H and O–H groups in total. The molecule has 2 aromatic carbocycles. The Morgan fingerprint density at radius 3 is 2.34 bits per heavy atom. The Labute approximate surface area is 271 Å². The lowest BCUT2D eigenvalue weighted by Crippen LogP contribution is -2.52. The van der Waals surface area contributed by atoms with E-state index >= 15 is 0 Å². The Bertz CT molecular complexity index is 1510. The standard InChI is InChI=1S/C33H47BrN7O2P/c1-22(2)25-19-28(30(43-5)20-29(25)41-12-10-24(11-13-41)40-16-14-39(4)15-17-40)37-33-35-21-26(34)32(38-33)36-27-9-8-23(3)18-31(27)44(6,7)42/h8-9,18-22,24H,10-17H2,1-7H3,(H2,35,36,37,38). The summed E-state index contributed by atoms with van der Waals surface area (Å²) in [6.07, 6.45) is 4.08. The van der Waals surface area contributed by atoms with Crippen LogP contribution in [-0.4, -0.2) is 92.6 Å². The van der Waals surface area contributed by atoms with Crippen molar-refractivity contribution < 1.29 is 9.30 Å². The van der Waals surface area contributed by atoms with E-state index in [0.717, 1.165) is 54.2 Å². The molecule has 5 rings (SSSR count). The highest BCUT2D eigenvalue weighted by Gasteiger charge is 2.28. The molecule has 3 heterocycles. The van der Waals surface area contributed by atoms with E-state index in [4.69, 9.17) is 9.72 Å². The van der Waals surface area contributed by atoms with Crippen LogP contribution in [0, 0.1) is 6.92 Å². The minimum Gasteiger partial charge on any atom is -0.494 e. The van der Waals surface area contributed by atoms with Gasteiger partial charge in [0.1, 0.15) is 18.7 Å². The molecule has 2 aliphatic rings. The fourth-order valence-electron chi connectivity index (χ4n) is 6.20. The van der Waals surface area contributed by atoms with Gasteiger partial charge >= 0.3 is 0 Å². The van der Waals surface area contributed by atoms with Crippen molar-refractivity contribution in [2.45, 2.75) is 45.6 Å². The first-order valence-corrected chi connectivity index (χ1v) is 18.9. The molecule has 2 saturated heterocycles. The first-order chi connectivity index (χ1) is 20.9. The molecule has 44 heavy (non-hydrogen) atoms. The molecular weight excluding hydrogens is 637 g/mol. The van der Waals surface area contributed by atoms with Crippen LogP contribution in [0.15, 0.2) is 41.0 Å². The number of nitrogens with zero attached hydrogens (tertiary/aromatic N) is 5. The molecule has 0 aliphatic carbocycles. The van der Waals surface area contributed by atoms with E-state index in [1.165, 1.54) is 37.2 Å². The van der Waals surface area contributed by atoms with Crippen molar-refractivity contribution in [1.29, 1.82) is 0 Å². The maximum absolute atomic E-state index is 13.1. The van der Waals surface area contributed by atoms with Crippen molar-refractivity contribution in [2.75, 3.05) is 82.3 Å². The number of benzene rings is 2. The highest BCUT2D eigenvalue weighted by Crippen LogP contribution is 2.41. The average Bonchev–Trinajstić information content (AvgIpc) is 2.99. The summed E-state index contributed by atoms with van der Waals surface area (Å²) in [5, 5.41) is 7.60. The molecule has 3 aromatic rings. The second-order valence-electron chi connectivity index (χ2n) is 12.8. The Morgan fingerprint density at radius 1 is 1.00 bits per heavy atom. The van der Waals surface area contributed by atoms with Crippen LogP contribution in [-0.2, 0) is 4.57 Å². The van der Waals surface area contributed by atoms with Gasteiger partial charge in [0.2, 0.25) is 5.95 Å². The number of piperazine rings is 1. The van der Waals surface area contributed by atoms with Gasteiger partial charge in [-0.2, -0.15) is 4.98 Å². The van der Waals surface area contributed by atoms with Crippen LogP contribution >= 0.6 is 23.1 Å². The molecule has 1 aromatic heterocycles. The van der Waals surface area contributed by atoms with Crippen LogP contribution in [0.3, 0.4) is 0 Å². The molecule has 0 unspecified atom stereocenters. The van der Waals surface area contributed by atoms with Gasteiger partial charge in [-0.05, 0) is 85.8 Å². The van der Waals surface area contributed by atoms with E-state index in [1.807, 2.05) is 25.1 Å². The molecule has 0 radical (unpaired) electrons. The van der Waals surface area contributed by atoms with Crippen molar-refractivity contribution in [3.8, 4) is 5.75 Å². The minimum atomic E-state index is -2.52. The third kappa shape index (κ3) is 7.58. The van der Waals surface area contributed by atoms with Gasteiger partial charge in [0.15, 0.2) is 0 Å². The van der Waals surface area contributed by atoms with Crippen molar-refractivity contribution >= 4 is 57.2 Å². The minimum absolute atomic E-state index is 0.327. The molecule has 2 fully saturated rings. The number of halogens is 1. The summed E-state index contributed by atoms with van der Waals surface area (Å²) < 4.78 is 19.7. The lowest BCUT2D eigenvalue weighted by molar-refractivity contribution is 0.0982. The Kier molecular flexibility index (Phi) is 10.2. The van der Waals surface area contributed by atoms with Gasteiger partial charge in [-0.1, -0.05) is 25.5 Å². The number of piperidine rings is 1. The molecule has 9 nitrogen and oxygen atoms in total. The molecule has 0 atom stereocenters. The summed E-state index contributed by atoms with van der Waals surface area (Å²) in [5.41, 5.74) is 5.17. The van der Waals surface area contributed by atoms with E-state index in [2.05, 4.69) is 79.3 Å². The molecule has 0 saturated carbocycles. The number of hydrogen-bond donors (Lipinski definition) is 2. The largest absolute Gasteiger partial charge is 0.494 e. The summed E-state index contributed by atoms with van der Waals surface area (Å²) in [4.78, 5) is 17.0. The quantitative estimate of drug-likeness (QED) is 0.241. The monoisotopic (exact) mass is 683 g/mol. The van der Waals surface area contributed by atoms with E-state index in [9.17, 15) is 4.57 Å². The number of anilines is 5. The number of ether oxygens (including phenoxy) is 1. The summed E-state index contributed by atoms with van der Waals surface area (Å²) in [6.45, 7) is 16.8. The first-order valence-electron chi connectivity index (χ1n) is 15.5. The molecule has 0 bridgehead atoms. The number of aryl methyl sites for hydroxylation is 1. The molecule has 0 spiro atoms. The Hall–Kier alpha value is -2.65. The SMILES string of the molecule is COc1cc(N2CCC(N3CCN(C)CC3)CC2)c(C(C)C)cc1Nc1ncc(Br)c(Nc2ccc(C)cc2P(C)(C)=O)n1. The van der Waals surface area contributed by atoms with Crippen LogP contribution < -0.4 is 25.6 Å². The number of hydrogen-bond acceptors (Lipinski definition) is 9. The van der Waals surface area contributed by atoms with Gasteiger partial charge in [0.25, 0.3) is 0 Å². The zero-order chi connectivity index (χ0) is 31.6. The molecule has 0 amide bonds.